The lowest BCUT2D eigenvalue weighted by Crippen LogP contribution is -2.04. The fourth-order valence-corrected chi connectivity index (χ4v) is 17.8. The summed E-state index contributed by atoms with van der Waals surface area (Å²) < 4.78 is 8.55. The molecule has 0 bridgehead atoms. The Hall–Kier alpha value is -19.4. The summed E-state index contributed by atoms with van der Waals surface area (Å²) in [6, 6.07) is 115. The van der Waals surface area contributed by atoms with Crippen molar-refractivity contribution in [1.29, 1.82) is 42.1 Å². The maximum absolute atomic E-state index is 11.2. The Morgan fingerprint density at radius 3 is 0.794 bits per heavy atom. The zero-order chi connectivity index (χ0) is 86.7. The first-order valence-electron chi connectivity index (χ1n) is 39.7. The van der Waals surface area contributed by atoms with Crippen molar-refractivity contribution in [2.45, 2.75) is 13.8 Å². The summed E-state index contributed by atoms with van der Waals surface area (Å²) in [6.45, 7) is 34.6. The van der Waals surface area contributed by atoms with E-state index in [4.69, 9.17) is 26.3 Å². The number of para-hydroxylation sites is 4. The molecular formula is C110H56N16. The molecule has 0 spiro atoms. The number of nitrogens with zero attached hydrogens (tertiary/aromatic N) is 16. The van der Waals surface area contributed by atoms with E-state index in [0.29, 0.717) is 78.6 Å². The largest absolute Gasteiger partial charge is 0.309 e. The van der Waals surface area contributed by atoms with Crippen LogP contribution in [0.15, 0.2) is 303 Å². The lowest BCUT2D eigenvalue weighted by Gasteiger charge is -2.19. The third-order valence-electron chi connectivity index (χ3n) is 23.2. The molecule has 16 heteroatoms. The highest BCUT2D eigenvalue weighted by Crippen LogP contribution is 2.47. The highest BCUT2D eigenvalue weighted by Gasteiger charge is 2.27. The van der Waals surface area contributed by atoms with Gasteiger partial charge in [0, 0.05) is 76.5 Å². The van der Waals surface area contributed by atoms with Crippen LogP contribution >= 0.6 is 0 Å². The van der Waals surface area contributed by atoms with Crippen molar-refractivity contribution in [3.8, 4) is 138 Å². The second-order valence-corrected chi connectivity index (χ2v) is 30.7. The van der Waals surface area contributed by atoms with Crippen LogP contribution < -0.4 is 0 Å². The van der Waals surface area contributed by atoms with Crippen LogP contribution in [0.25, 0.3) is 196 Å². The number of fused-ring (bicyclic) bond motifs is 12. The molecule has 16 nitrogen and oxygen atoms in total. The molecule has 4 heterocycles. The first-order valence-corrected chi connectivity index (χ1v) is 39.7. The summed E-state index contributed by atoms with van der Waals surface area (Å²) in [5.41, 5.74) is 26.1. The highest BCUT2D eigenvalue weighted by molar-refractivity contribution is 6.15. The minimum atomic E-state index is 0.368. The zero-order valence-electron chi connectivity index (χ0n) is 67.0. The maximum Gasteiger partial charge on any atom is 0.189 e. The Kier molecular flexibility index (Phi) is 18.9. The van der Waals surface area contributed by atoms with Crippen LogP contribution in [-0.2, 0) is 0 Å². The number of hydrogen-bond donors (Lipinski definition) is 0. The van der Waals surface area contributed by atoms with Gasteiger partial charge in [-0.25, -0.2) is 19.4 Å². The molecule has 0 saturated heterocycles. The molecule has 0 saturated carbocycles. The number of hydrogen-bond acceptors (Lipinski definition) is 8. The average Bonchev–Trinajstić information content (AvgIpc) is 1.56. The van der Waals surface area contributed by atoms with Crippen molar-refractivity contribution in [3.63, 3.8) is 0 Å². The Bertz CT molecular complexity index is 8680. The van der Waals surface area contributed by atoms with Gasteiger partial charge in [0.1, 0.15) is 12.1 Å². The van der Waals surface area contributed by atoms with Crippen LogP contribution in [0.4, 0.5) is 22.7 Å². The number of rotatable bonds is 10. The van der Waals surface area contributed by atoms with Crippen LogP contribution in [-0.4, -0.2) is 18.3 Å². The van der Waals surface area contributed by atoms with E-state index in [1.54, 1.807) is 72.8 Å². The van der Waals surface area contributed by atoms with Crippen molar-refractivity contribution in [2.24, 2.45) is 0 Å². The summed E-state index contributed by atoms with van der Waals surface area (Å²) in [5, 5.41) is 89.6. The summed E-state index contributed by atoms with van der Waals surface area (Å²) in [5.74, 6) is 0. The fourth-order valence-electron chi connectivity index (χ4n) is 17.8. The summed E-state index contributed by atoms with van der Waals surface area (Å²) in [6.07, 6.45) is 0. The van der Waals surface area contributed by atoms with Gasteiger partial charge in [0.15, 0.2) is 22.7 Å². The third-order valence-corrected chi connectivity index (χ3v) is 23.2. The number of benzene rings is 16. The SMILES string of the molecule is [C-]#[N+]c1cc(C#N)cc(-c2ccc3c(c2)c2ccccc2n3-c2cc(-c3cc(C)cc(C#N)c3)c(-n3c4ccccc4c4cc(-c5cc(C#N)cc([N+]#[C-])c5)ccc43)cc2C#N)c1.[C-]#[N+]c1cc(C#N)cc(-c2ccc3c4ccccc4n(-c4cc(-c5cc(C)cc(C#N)c5)c(-n5c6ccccc6c6ccc(-c7cc(C#N)cc([N+]#[C-])c7)cc65)cc4C#N)c3c2)c1. The Labute approximate surface area is 722 Å². The first kappa shape index (κ1) is 76.6. The summed E-state index contributed by atoms with van der Waals surface area (Å²) in [4.78, 5) is 14.5. The molecule has 0 radical (unpaired) electrons. The third kappa shape index (κ3) is 13.1. The normalized spacial score (nSPS) is 10.8. The standard InChI is InChI=1S/2C55H28N8/c1-33-16-34(29-56)20-41(17-33)47-28-54(62-50-10-6-4-8-45(50)48-25-37(12-14-52(48)62)39-18-35(30-57)21-43(23-39)60-2)42(32-59)27-55(47)63-51-11-7-5-9-46(51)49-26-38(13-15-53(49)63)40-19-36(31-58)22-44(24-40)61-3;1-33-16-34(29-56)20-41(17-33)49-28-52(62-50-10-6-4-8-45(50)47-14-12-37(25-53(47)62)39-18-35(30-57)21-43(23-39)60-2)42(32-59)27-55(49)63-51-11-7-5-9-46(51)48-15-13-38(26-54(48)63)40-19-36(31-58)22-44(24-40)61-3/h2*4-28H,1H3. The maximum atomic E-state index is 11.2. The van der Waals surface area contributed by atoms with Crippen molar-refractivity contribution in [2.75, 3.05) is 0 Å². The lowest BCUT2D eigenvalue weighted by molar-refractivity contribution is 1.13. The quantitative estimate of drug-likeness (QED) is 0.119. The van der Waals surface area contributed by atoms with Crippen LogP contribution in [0.2, 0.25) is 0 Å². The van der Waals surface area contributed by atoms with Crippen molar-refractivity contribution >= 4 is 110 Å². The number of aromatic nitrogens is 4. The minimum Gasteiger partial charge on any atom is -0.309 e. The van der Waals surface area contributed by atoms with Gasteiger partial charge in [0.2, 0.25) is 0 Å². The second-order valence-electron chi connectivity index (χ2n) is 30.7. The number of aryl methyl sites for hydroxylation is 2. The molecule has 0 unspecified atom stereocenters. The molecule has 126 heavy (non-hydrogen) atoms. The van der Waals surface area contributed by atoms with E-state index < -0.39 is 0 Å². The first-order chi connectivity index (χ1) is 61.6. The zero-order valence-corrected chi connectivity index (χ0v) is 67.0. The van der Waals surface area contributed by atoms with Gasteiger partial charge in [0.05, 0.1) is 152 Å². The van der Waals surface area contributed by atoms with Crippen molar-refractivity contribution in [3.05, 3.63) is 405 Å². The molecule has 576 valence electrons. The van der Waals surface area contributed by atoms with Crippen LogP contribution in [0.1, 0.15) is 55.6 Å². The van der Waals surface area contributed by atoms with Gasteiger partial charge in [-0.15, -0.1) is 0 Å². The Balaban J connectivity index is 0.000000165. The van der Waals surface area contributed by atoms with Gasteiger partial charge in [-0.05, 0) is 263 Å². The molecule has 0 aliphatic carbocycles. The summed E-state index contributed by atoms with van der Waals surface area (Å²) in [7, 11) is 0. The van der Waals surface area contributed by atoms with Crippen LogP contribution in [0, 0.1) is 131 Å². The molecule has 0 atom stereocenters. The van der Waals surface area contributed by atoms with E-state index in [1.165, 1.54) is 0 Å². The molecule has 16 aromatic carbocycles. The van der Waals surface area contributed by atoms with E-state index in [2.05, 4.69) is 165 Å². The fraction of sp³-hybridized carbons (Fsp3) is 0.0182. The van der Waals surface area contributed by atoms with Crippen LogP contribution in [0.3, 0.4) is 0 Å². The lowest BCUT2D eigenvalue weighted by atomic mass is 9.96. The summed E-state index contributed by atoms with van der Waals surface area (Å²) >= 11 is 0. The van der Waals surface area contributed by atoms with E-state index in [0.717, 1.165) is 176 Å². The molecule has 0 N–H and O–H groups in total. The molecule has 4 aromatic heterocycles. The monoisotopic (exact) mass is 1600 g/mol. The van der Waals surface area contributed by atoms with E-state index in [9.17, 15) is 42.1 Å². The molecule has 0 aliphatic rings. The second kappa shape index (κ2) is 31.1. The van der Waals surface area contributed by atoms with Gasteiger partial charge < -0.3 is 18.3 Å². The Morgan fingerprint density at radius 1 is 0.206 bits per heavy atom. The van der Waals surface area contributed by atoms with Gasteiger partial charge in [-0.1, -0.05) is 121 Å². The van der Waals surface area contributed by atoms with Crippen molar-refractivity contribution < 1.29 is 0 Å². The van der Waals surface area contributed by atoms with Crippen molar-refractivity contribution in [1.82, 2.24) is 18.3 Å². The average molecular weight is 1600 g/mol. The minimum absolute atomic E-state index is 0.368. The molecule has 0 aliphatic heterocycles. The molecule has 20 aromatic rings. The molecule has 20 rings (SSSR count). The number of nitriles is 8. The smallest absolute Gasteiger partial charge is 0.189 e. The van der Waals surface area contributed by atoms with E-state index in [1.807, 2.05) is 166 Å². The van der Waals surface area contributed by atoms with Gasteiger partial charge in [0.25, 0.3) is 0 Å². The Morgan fingerprint density at radius 2 is 0.468 bits per heavy atom. The molecule has 0 amide bonds. The van der Waals surface area contributed by atoms with Gasteiger partial charge in [-0.2, -0.15) is 42.1 Å². The van der Waals surface area contributed by atoms with Crippen LogP contribution in [0.5, 0.6) is 0 Å². The molecule has 0 fully saturated rings. The molecular weight excluding hydrogens is 1550 g/mol. The topological polar surface area (TPSA) is 227 Å². The highest BCUT2D eigenvalue weighted by atomic mass is 15.0. The predicted octanol–water partition coefficient (Wildman–Crippen LogP) is 27.6. The predicted molar refractivity (Wildman–Crippen MR) is 495 cm³/mol. The van der Waals surface area contributed by atoms with Gasteiger partial charge in [-0.3, -0.25) is 0 Å². The van der Waals surface area contributed by atoms with E-state index >= 15 is 0 Å². The van der Waals surface area contributed by atoms with E-state index in [-0.39, 0.29) is 0 Å². The van der Waals surface area contributed by atoms with Gasteiger partial charge >= 0.3 is 0 Å².